The zero-order chi connectivity index (χ0) is 18.5. The largest absolute Gasteiger partial charge is 0.508 e. The molecule has 0 saturated carbocycles. The van der Waals surface area contributed by atoms with E-state index in [0.717, 1.165) is 0 Å². The van der Waals surface area contributed by atoms with Gasteiger partial charge in [0, 0.05) is 6.42 Å². The molecule has 1 aromatic rings. The molecule has 0 aliphatic carbocycles. The van der Waals surface area contributed by atoms with E-state index in [9.17, 15) is 19.2 Å². The summed E-state index contributed by atoms with van der Waals surface area (Å²) in [6.45, 7) is -0.264. The molecule has 0 bridgehead atoms. The molecule has 2 fully saturated rings. The fourth-order valence-electron chi connectivity index (χ4n) is 2.29. The summed E-state index contributed by atoms with van der Waals surface area (Å²) in [6, 6.07) is 4.20. The molecule has 0 aromatic carbocycles. The van der Waals surface area contributed by atoms with Crippen molar-refractivity contribution >= 4 is 24.1 Å². The van der Waals surface area contributed by atoms with Crippen molar-refractivity contribution in [2.24, 2.45) is 0 Å². The summed E-state index contributed by atoms with van der Waals surface area (Å²) in [5, 5.41) is 0. The SMILES string of the molecule is O=C1CCC(COC(=O)c2cccc(C(=O)OCC3COC(=O)O3)n2)O1. The molecule has 3 heterocycles. The van der Waals surface area contributed by atoms with Crippen LogP contribution in [-0.4, -0.2) is 61.1 Å². The molecule has 26 heavy (non-hydrogen) atoms. The number of rotatable bonds is 6. The summed E-state index contributed by atoms with van der Waals surface area (Å²) in [5.74, 6) is -1.86. The minimum Gasteiger partial charge on any atom is -0.459 e. The average molecular weight is 365 g/mol. The van der Waals surface area contributed by atoms with E-state index in [1.54, 1.807) is 0 Å². The molecule has 2 aliphatic heterocycles. The summed E-state index contributed by atoms with van der Waals surface area (Å²) in [4.78, 5) is 49.7. The van der Waals surface area contributed by atoms with Gasteiger partial charge >= 0.3 is 24.1 Å². The Hall–Kier alpha value is -3.17. The van der Waals surface area contributed by atoms with Gasteiger partial charge in [0.15, 0.2) is 6.10 Å². The second kappa shape index (κ2) is 7.81. The van der Waals surface area contributed by atoms with E-state index in [2.05, 4.69) is 9.72 Å². The lowest BCUT2D eigenvalue weighted by Gasteiger charge is -2.10. The smallest absolute Gasteiger partial charge is 0.459 e. The first kappa shape index (κ1) is 17.6. The quantitative estimate of drug-likeness (QED) is 0.523. The van der Waals surface area contributed by atoms with E-state index >= 15 is 0 Å². The topological polar surface area (TPSA) is 127 Å². The van der Waals surface area contributed by atoms with Gasteiger partial charge in [0.25, 0.3) is 0 Å². The lowest BCUT2D eigenvalue weighted by Crippen LogP contribution is -2.22. The summed E-state index contributed by atoms with van der Waals surface area (Å²) >= 11 is 0. The third kappa shape index (κ3) is 4.47. The molecule has 0 radical (unpaired) electrons. The predicted octanol–water partition coefficient (Wildman–Crippen LogP) is 0.636. The van der Waals surface area contributed by atoms with Crippen molar-refractivity contribution in [1.29, 1.82) is 0 Å². The Kier molecular flexibility index (Phi) is 5.30. The number of nitrogens with zero attached hydrogens (tertiary/aromatic N) is 1. The molecule has 0 spiro atoms. The standard InChI is InChI=1S/C16H15NO9/c18-13-5-4-9(25-13)6-22-14(19)11-2-1-3-12(17-11)15(20)23-7-10-8-24-16(21)26-10/h1-3,9-10H,4-8H2. The number of carbonyl (C=O) groups excluding carboxylic acids is 4. The number of esters is 3. The van der Waals surface area contributed by atoms with Gasteiger partial charge in [-0.15, -0.1) is 0 Å². The number of hydrogen-bond donors (Lipinski definition) is 0. The van der Waals surface area contributed by atoms with Crippen molar-refractivity contribution in [2.45, 2.75) is 25.0 Å². The second-order valence-corrected chi connectivity index (χ2v) is 5.56. The van der Waals surface area contributed by atoms with Crippen LogP contribution in [0, 0.1) is 0 Å². The van der Waals surface area contributed by atoms with E-state index in [-0.39, 0.29) is 37.2 Å². The van der Waals surface area contributed by atoms with Crippen molar-refractivity contribution < 1.29 is 42.9 Å². The van der Waals surface area contributed by atoms with Crippen LogP contribution in [0.1, 0.15) is 33.8 Å². The molecule has 2 saturated heterocycles. The zero-order valence-electron chi connectivity index (χ0n) is 13.5. The summed E-state index contributed by atoms with van der Waals surface area (Å²) in [7, 11) is 0. The molecule has 138 valence electrons. The molecule has 0 N–H and O–H groups in total. The molecule has 2 unspecified atom stereocenters. The van der Waals surface area contributed by atoms with Gasteiger partial charge in [-0.3, -0.25) is 4.79 Å². The number of ether oxygens (including phenoxy) is 5. The van der Waals surface area contributed by atoms with Gasteiger partial charge in [0.1, 0.15) is 37.3 Å². The minimum atomic E-state index is -0.818. The molecule has 1 aromatic heterocycles. The van der Waals surface area contributed by atoms with Crippen molar-refractivity contribution in [2.75, 3.05) is 19.8 Å². The summed E-state index contributed by atoms with van der Waals surface area (Å²) in [6.07, 6.45) is -1.17. The number of carbonyl (C=O) groups is 4. The van der Waals surface area contributed by atoms with E-state index < -0.39 is 30.3 Å². The van der Waals surface area contributed by atoms with Crippen LogP contribution < -0.4 is 0 Å². The molecule has 10 nitrogen and oxygen atoms in total. The van der Waals surface area contributed by atoms with Gasteiger partial charge in [-0.1, -0.05) is 6.07 Å². The Morgan fingerprint density at radius 3 is 2.23 bits per heavy atom. The van der Waals surface area contributed by atoms with Gasteiger partial charge < -0.3 is 23.7 Å². The Labute approximate surface area is 147 Å². The van der Waals surface area contributed by atoms with Crippen molar-refractivity contribution in [3.63, 3.8) is 0 Å². The van der Waals surface area contributed by atoms with Crippen LogP contribution in [-0.2, 0) is 28.5 Å². The molecule has 2 aliphatic rings. The fraction of sp³-hybridized carbons (Fsp3) is 0.438. The van der Waals surface area contributed by atoms with Gasteiger partial charge in [0.2, 0.25) is 0 Å². The first-order chi connectivity index (χ1) is 12.5. The average Bonchev–Trinajstić information content (AvgIpc) is 3.25. The van der Waals surface area contributed by atoms with Crippen LogP contribution in [0.25, 0.3) is 0 Å². The van der Waals surface area contributed by atoms with Gasteiger partial charge in [-0.25, -0.2) is 19.4 Å². The van der Waals surface area contributed by atoms with Crippen LogP contribution in [0.15, 0.2) is 18.2 Å². The molecular formula is C16H15NO9. The van der Waals surface area contributed by atoms with Crippen LogP contribution >= 0.6 is 0 Å². The maximum Gasteiger partial charge on any atom is 0.508 e. The molecular weight excluding hydrogens is 350 g/mol. The lowest BCUT2D eigenvalue weighted by molar-refractivity contribution is -0.142. The van der Waals surface area contributed by atoms with E-state index in [0.29, 0.717) is 12.8 Å². The van der Waals surface area contributed by atoms with E-state index in [1.807, 2.05) is 0 Å². The van der Waals surface area contributed by atoms with Gasteiger partial charge in [-0.05, 0) is 18.6 Å². The van der Waals surface area contributed by atoms with Crippen LogP contribution in [0.3, 0.4) is 0 Å². The second-order valence-electron chi connectivity index (χ2n) is 5.56. The molecule has 2 atom stereocenters. The van der Waals surface area contributed by atoms with Gasteiger partial charge in [0.05, 0.1) is 0 Å². The summed E-state index contributed by atoms with van der Waals surface area (Å²) in [5.41, 5.74) is -0.184. The van der Waals surface area contributed by atoms with Crippen LogP contribution in [0.2, 0.25) is 0 Å². The predicted molar refractivity (Wildman–Crippen MR) is 80.1 cm³/mol. The lowest BCUT2D eigenvalue weighted by atomic mass is 10.2. The normalized spacial score (nSPS) is 21.5. The molecule has 10 heteroatoms. The maximum atomic E-state index is 12.0. The first-order valence-corrected chi connectivity index (χ1v) is 7.85. The highest BCUT2D eigenvalue weighted by Crippen LogP contribution is 2.14. The molecule has 0 amide bonds. The van der Waals surface area contributed by atoms with Crippen molar-refractivity contribution in [3.8, 4) is 0 Å². The number of aromatic nitrogens is 1. The Morgan fingerprint density at radius 2 is 1.69 bits per heavy atom. The highest BCUT2D eigenvalue weighted by atomic mass is 16.8. The maximum absolute atomic E-state index is 12.0. The van der Waals surface area contributed by atoms with Crippen molar-refractivity contribution in [1.82, 2.24) is 4.98 Å². The van der Waals surface area contributed by atoms with Crippen LogP contribution in [0.4, 0.5) is 4.79 Å². The van der Waals surface area contributed by atoms with E-state index in [4.69, 9.17) is 18.9 Å². The molecule has 3 rings (SSSR count). The number of hydrogen-bond acceptors (Lipinski definition) is 10. The zero-order valence-corrected chi connectivity index (χ0v) is 13.5. The van der Waals surface area contributed by atoms with Crippen molar-refractivity contribution in [3.05, 3.63) is 29.6 Å². The monoisotopic (exact) mass is 365 g/mol. The summed E-state index contributed by atoms with van der Waals surface area (Å²) < 4.78 is 24.3. The highest BCUT2D eigenvalue weighted by Gasteiger charge is 2.27. The number of cyclic esters (lactones) is 3. The van der Waals surface area contributed by atoms with E-state index in [1.165, 1.54) is 18.2 Å². The Morgan fingerprint density at radius 1 is 1.04 bits per heavy atom. The Balaban J connectivity index is 1.51. The van der Waals surface area contributed by atoms with Gasteiger partial charge in [-0.2, -0.15) is 0 Å². The van der Waals surface area contributed by atoms with Crippen LogP contribution in [0.5, 0.6) is 0 Å². The minimum absolute atomic E-state index is 0.00233. The Bertz CT molecular complexity index is 675. The highest BCUT2D eigenvalue weighted by molar-refractivity contribution is 5.91. The first-order valence-electron chi connectivity index (χ1n) is 7.85. The third-order valence-corrected chi connectivity index (χ3v) is 3.59. The number of pyridine rings is 1. The third-order valence-electron chi connectivity index (χ3n) is 3.59. The fourth-order valence-corrected chi connectivity index (χ4v) is 2.29.